The zero-order valence-electron chi connectivity index (χ0n) is 39.2. The Morgan fingerprint density at radius 2 is 1.86 bits per heavy atom. The highest BCUT2D eigenvalue weighted by molar-refractivity contribution is 5.96. The first-order valence-corrected chi connectivity index (χ1v) is 23.1. The first-order valence-electron chi connectivity index (χ1n) is 23.1. The van der Waals surface area contributed by atoms with Gasteiger partial charge in [0.1, 0.15) is 23.9 Å². The predicted octanol–water partition coefficient (Wildman–Crippen LogP) is 5.08. The molecule has 0 aliphatic carbocycles. The first-order chi connectivity index (χ1) is 31.0. The fraction of sp³-hybridized carbons (Fsp3) is 0.540. The van der Waals surface area contributed by atoms with Gasteiger partial charge in [-0.05, 0) is 110 Å². The Kier molecular flexibility index (Phi) is 14.7. The normalized spacial score (nSPS) is 21.5. The number of ether oxygens (including phenoxy) is 2. The molecule has 5 atom stereocenters. The number of pyridine rings is 1. The van der Waals surface area contributed by atoms with Crippen molar-refractivity contribution in [2.45, 2.75) is 111 Å². The molecule has 15 nitrogen and oxygen atoms in total. The highest BCUT2D eigenvalue weighted by atomic mass is 16.5. The second-order valence-corrected chi connectivity index (χ2v) is 19.4. The summed E-state index contributed by atoms with van der Waals surface area (Å²) in [5.41, 5.74) is 9.83. The number of aliphatic hydroxyl groups is 1. The molecule has 3 amide bonds. The molecule has 0 radical (unpaired) electrons. The van der Waals surface area contributed by atoms with E-state index in [9.17, 15) is 29.4 Å². The summed E-state index contributed by atoms with van der Waals surface area (Å²) in [6, 6.07) is 10.6. The standard InChI is InChI=1S/C50H67N7O8/c1-9-56-43-13-12-33-23-38(43)39(45(56)40-25-51-16-14-35(40)28-64-8)24-50(5,6)29-65-49(63)41-11-10-17-57(53-41)48(62)42(21-32-19-36(33)22-37(59)20-32)52-46(60)44(30(2)3)54(7)47(61)34-15-18-55(27-34)26-31(4)58/h12-14,16,19-20,22-23,25,30-31,34,41-42,44,53,58-59H,9-11,15,17-18,21,24,26-29H2,1-8H3,(H,52,60)/t31-,34-,41-,42-,44-/m0/s1. The van der Waals surface area contributed by atoms with Gasteiger partial charge in [0.2, 0.25) is 11.8 Å². The van der Waals surface area contributed by atoms with Crippen molar-refractivity contribution in [3.8, 4) is 28.1 Å². The number of phenolic OH excluding ortho intramolecular Hbond substituents is 1. The number of nitrogens with one attached hydrogen (secondary N) is 2. The molecule has 0 saturated carbocycles. The average molecular weight is 894 g/mol. The summed E-state index contributed by atoms with van der Waals surface area (Å²) in [4.78, 5) is 65.2. The van der Waals surface area contributed by atoms with E-state index in [1.807, 2.05) is 38.2 Å². The molecule has 4 N–H and O–H groups in total. The number of esters is 1. The van der Waals surface area contributed by atoms with Gasteiger partial charge in [-0.2, -0.15) is 0 Å². The van der Waals surface area contributed by atoms with Crippen LogP contribution >= 0.6 is 0 Å². The zero-order chi connectivity index (χ0) is 46.7. The number of aromatic nitrogens is 2. The van der Waals surface area contributed by atoms with E-state index in [2.05, 4.69) is 58.1 Å². The lowest BCUT2D eigenvalue weighted by Gasteiger charge is -2.37. The number of likely N-dealkylation sites (tertiary alicyclic amines) is 1. The van der Waals surface area contributed by atoms with Gasteiger partial charge in [-0.15, -0.1) is 0 Å². The number of aromatic hydroxyl groups is 1. The number of β-amino-alcohol motifs (C(OH)–C–C–N with tert-alkyl or cyclic N) is 1. The minimum atomic E-state index is -1.13. The van der Waals surface area contributed by atoms with Gasteiger partial charge in [0, 0.05) is 81.0 Å². The number of carbonyl (C=O) groups excluding carboxylic acids is 4. The van der Waals surface area contributed by atoms with E-state index < -0.39 is 47.4 Å². The van der Waals surface area contributed by atoms with Gasteiger partial charge >= 0.3 is 5.97 Å². The summed E-state index contributed by atoms with van der Waals surface area (Å²) in [5.74, 6) is -2.20. The highest BCUT2D eigenvalue weighted by Gasteiger charge is 2.40. The molecule has 2 fully saturated rings. The number of amides is 3. The molecule has 4 aromatic rings. The molecular formula is C50H67N7O8. The monoisotopic (exact) mass is 894 g/mol. The molecule has 2 aromatic heterocycles. The molecule has 6 bridgehead atoms. The van der Waals surface area contributed by atoms with Crippen molar-refractivity contribution in [1.29, 1.82) is 0 Å². The van der Waals surface area contributed by atoms with E-state index in [1.54, 1.807) is 39.4 Å². The summed E-state index contributed by atoms with van der Waals surface area (Å²) in [6.07, 6.45) is 5.29. The summed E-state index contributed by atoms with van der Waals surface area (Å²) in [6.45, 7) is 14.8. The highest BCUT2D eigenvalue weighted by Crippen LogP contribution is 2.41. The van der Waals surface area contributed by atoms with Crippen LogP contribution in [0.1, 0.15) is 77.5 Å². The van der Waals surface area contributed by atoms with E-state index in [-0.39, 0.29) is 36.5 Å². The fourth-order valence-corrected chi connectivity index (χ4v) is 10.1. The second-order valence-electron chi connectivity index (χ2n) is 19.4. The molecule has 0 unspecified atom stereocenters. The number of benzene rings is 2. The smallest absolute Gasteiger partial charge is 0.324 e. The molecule has 2 saturated heterocycles. The number of carbonyl (C=O) groups is 4. The molecule has 2 aromatic carbocycles. The molecule has 3 aliphatic rings. The quantitative estimate of drug-likeness (QED) is 0.148. The van der Waals surface area contributed by atoms with Crippen molar-refractivity contribution in [2.24, 2.45) is 17.3 Å². The van der Waals surface area contributed by atoms with E-state index in [0.717, 1.165) is 44.4 Å². The van der Waals surface area contributed by atoms with Gasteiger partial charge < -0.3 is 34.5 Å². The number of rotatable bonds is 11. The molecule has 0 spiro atoms. The van der Waals surface area contributed by atoms with Gasteiger partial charge in [-0.3, -0.25) is 34.1 Å². The number of phenols is 1. The van der Waals surface area contributed by atoms with Crippen LogP contribution in [-0.2, 0) is 54.6 Å². The Labute approximate surface area is 382 Å². The van der Waals surface area contributed by atoms with Gasteiger partial charge in [0.25, 0.3) is 5.91 Å². The lowest BCUT2D eigenvalue weighted by molar-refractivity contribution is -0.155. The van der Waals surface area contributed by atoms with Crippen LogP contribution in [0.2, 0.25) is 0 Å². The third-order valence-corrected chi connectivity index (χ3v) is 13.1. The number of nitrogens with zero attached hydrogens (tertiary/aromatic N) is 5. The van der Waals surface area contributed by atoms with E-state index in [4.69, 9.17) is 9.47 Å². The van der Waals surface area contributed by atoms with Crippen molar-refractivity contribution >= 4 is 34.6 Å². The molecule has 350 valence electrons. The van der Waals surface area contributed by atoms with Crippen LogP contribution in [0, 0.1) is 17.3 Å². The molecular weight excluding hydrogens is 827 g/mol. The number of aliphatic hydroxyl groups excluding tert-OH is 1. The minimum absolute atomic E-state index is 0.00256. The maximum absolute atomic E-state index is 14.7. The Balaban J connectivity index is 1.29. The van der Waals surface area contributed by atoms with Crippen molar-refractivity contribution in [3.63, 3.8) is 0 Å². The number of likely N-dealkylation sites (N-methyl/N-ethyl adjacent to an activating group) is 1. The summed E-state index contributed by atoms with van der Waals surface area (Å²) in [5, 5.41) is 26.7. The van der Waals surface area contributed by atoms with E-state index >= 15 is 0 Å². The van der Waals surface area contributed by atoms with Crippen LogP contribution in [0.15, 0.2) is 54.9 Å². The van der Waals surface area contributed by atoms with Gasteiger partial charge in [-0.25, -0.2) is 5.43 Å². The third-order valence-electron chi connectivity index (χ3n) is 13.1. The number of methoxy groups -OCH3 is 1. The first kappa shape index (κ1) is 47.6. The number of aryl methyl sites for hydroxylation is 1. The lowest BCUT2D eigenvalue weighted by atomic mass is 9.84. The third kappa shape index (κ3) is 10.5. The maximum atomic E-state index is 14.7. The van der Waals surface area contributed by atoms with E-state index in [0.29, 0.717) is 70.6 Å². The van der Waals surface area contributed by atoms with Crippen molar-refractivity contribution in [1.82, 2.24) is 35.1 Å². The maximum Gasteiger partial charge on any atom is 0.324 e. The van der Waals surface area contributed by atoms with Gasteiger partial charge in [-0.1, -0.05) is 39.8 Å². The predicted molar refractivity (Wildman–Crippen MR) is 248 cm³/mol. The van der Waals surface area contributed by atoms with Crippen LogP contribution in [0.5, 0.6) is 5.75 Å². The largest absolute Gasteiger partial charge is 0.508 e. The number of cyclic esters (lactones) is 1. The van der Waals surface area contributed by atoms with Crippen molar-refractivity contribution < 1.29 is 38.9 Å². The Hall–Kier alpha value is -5.35. The summed E-state index contributed by atoms with van der Waals surface area (Å²) in [7, 11) is 3.31. The van der Waals surface area contributed by atoms with E-state index in [1.165, 1.54) is 9.91 Å². The SMILES string of the molecule is CCn1c(-c2cnccc2COC)c2c3cc(ccc31)-c1cc(O)cc(c1)C[C@H](NC(=O)[C@H](C(C)C)N(C)C(=O)[C@H]1CCN(C[C@H](C)O)C1)C(=O)N1CCC[C@H](N1)C(=O)OCC(C)(C)C2. The molecule has 65 heavy (non-hydrogen) atoms. The molecule has 5 heterocycles. The Morgan fingerprint density at radius 1 is 1.08 bits per heavy atom. The molecule has 15 heteroatoms. The lowest BCUT2D eigenvalue weighted by Crippen LogP contribution is -2.62. The Morgan fingerprint density at radius 3 is 2.58 bits per heavy atom. The minimum Gasteiger partial charge on any atom is -0.508 e. The van der Waals surface area contributed by atoms with Crippen molar-refractivity contribution in [3.05, 3.63) is 71.5 Å². The number of hydrogen-bond donors (Lipinski definition) is 4. The Bertz CT molecular complexity index is 2390. The number of hydrazine groups is 1. The second kappa shape index (κ2) is 20.0. The fourth-order valence-electron chi connectivity index (χ4n) is 10.1. The summed E-state index contributed by atoms with van der Waals surface area (Å²) >= 11 is 0. The average Bonchev–Trinajstić information content (AvgIpc) is 3.85. The van der Waals surface area contributed by atoms with Crippen LogP contribution < -0.4 is 10.7 Å². The van der Waals surface area contributed by atoms with Crippen LogP contribution in [0.4, 0.5) is 0 Å². The molecule has 3 aliphatic heterocycles. The molecule has 7 rings (SSSR count). The van der Waals surface area contributed by atoms with Crippen LogP contribution in [-0.4, -0.2) is 129 Å². The number of hydrogen-bond acceptors (Lipinski definition) is 11. The zero-order valence-corrected chi connectivity index (χ0v) is 39.2. The topological polar surface area (TPSA) is 179 Å². The number of fused-ring (bicyclic) bond motifs is 6. The summed E-state index contributed by atoms with van der Waals surface area (Å²) < 4.78 is 14.0. The van der Waals surface area contributed by atoms with Crippen LogP contribution in [0.3, 0.4) is 0 Å². The van der Waals surface area contributed by atoms with Crippen LogP contribution in [0.25, 0.3) is 33.3 Å². The van der Waals surface area contributed by atoms with Gasteiger partial charge in [0.15, 0.2) is 0 Å². The van der Waals surface area contributed by atoms with Gasteiger partial charge in [0.05, 0.1) is 30.9 Å². The van der Waals surface area contributed by atoms with Crippen molar-refractivity contribution in [2.75, 3.05) is 46.9 Å².